The van der Waals surface area contributed by atoms with Crippen LogP contribution in [0.15, 0.2) is 18.2 Å². The molecular formula is C29H39N5O4. The molecule has 0 bridgehead atoms. The van der Waals surface area contributed by atoms with Gasteiger partial charge in [0.15, 0.2) is 5.78 Å². The van der Waals surface area contributed by atoms with Gasteiger partial charge in [-0.05, 0) is 82.4 Å². The monoisotopic (exact) mass is 521 g/mol. The predicted octanol–water partition coefficient (Wildman–Crippen LogP) is 4.49. The lowest BCUT2D eigenvalue weighted by atomic mass is 9.75. The van der Waals surface area contributed by atoms with Crippen LogP contribution < -0.4 is 11.1 Å². The molecule has 1 aromatic heterocycles. The molecule has 9 heteroatoms. The van der Waals surface area contributed by atoms with Gasteiger partial charge < -0.3 is 20.7 Å². The number of nitrogens with two attached hydrogens (primary N) is 1. The van der Waals surface area contributed by atoms with Crippen LogP contribution in [-0.2, 0) is 11.2 Å². The number of ether oxygens (including phenoxy) is 1. The van der Waals surface area contributed by atoms with Crippen molar-refractivity contribution in [1.29, 1.82) is 0 Å². The number of nitrogens with zero attached hydrogens (tertiary/aromatic N) is 3. The number of nitrogens with one attached hydrogen (secondary N) is 1. The van der Waals surface area contributed by atoms with E-state index >= 15 is 0 Å². The van der Waals surface area contributed by atoms with E-state index in [1.54, 1.807) is 6.07 Å². The van der Waals surface area contributed by atoms with Crippen LogP contribution >= 0.6 is 0 Å². The van der Waals surface area contributed by atoms with Crippen LogP contribution in [0.4, 0.5) is 10.5 Å². The molecule has 2 heterocycles. The fourth-order valence-electron chi connectivity index (χ4n) is 6.46. The number of aryl methyl sites for hydroxylation is 1. The summed E-state index contributed by atoms with van der Waals surface area (Å²) in [7, 11) is 0. The van der Waals surface area contributed by atoms with Crippen molar-refractivity contribution in [2.45, 2.75) is 78.9 Å². The van der Waals surface area contributed by atoms with Crippen LogP contribution in [0.1, 0.15) is 86.0 Å². The van der Waals surface area contributed by atoms with Gasteiger partial charge in [-0.15, -0.1) is 0 Å². The Morgan fingerprint density at radius 2 is 1.79 bits per heavy atom. The average molecular weight is 522 g/mol. The molecular weight excluding hydrogens is 482 g/mol. The third-order valence-corrected chi connectivity index (χ3v) is 8.00. The van der Waals surface area contributed by atoms with Crippen molar-refractivity contribution >= 4 is 23.5 Å². The van der Waals surface area contributed by atoms with Crippen LogP contribution in [0, 0.1) is 24.2 Å². The smallest absolute Gasteiger partial charge is 0.410 e. The summed E-state index contributed by atoms with van der Waals surface area (Å²) in [5.74, 6) is 0.400. The first-order valence-corrected chi connectivity index (χ1v) is 13.5. The summed E-state index contributed by atoms with van der Waals surface area (Å²) in [6.07, 6.45) is 2.79. The SMILES string of the molecule is Cc1nn(-c2ccc(C(N)=O)c(NC3C[C@@H]4CN(C(=O)OC(C)(C)C)C[C@@H]4C3)c2)c2c1C(=O)CC(C)(C)C2. The molecule has 38 heavy (non-hydrogen) atoms. The van der Waals surface area contributed by atoms with E-state index in [2.05, 4.69) is 19.2 Å². The molecule has 2 aromatic rings. The maximum atomic E-state index is 12.9. The second-order valence-corrected chi connectivity index (χ2v) is 13.1. The average Bonchev–Trinajstić information content (AvgIpc) is 3.43. The molecule has 1 aliphatic heterocycles. The number of Topliss-reactive ketones (excluding diaryl/α,β-unsaturated/α-hetero) is 1. The molecule has 5 rings (SSSR count). The number of primary amides is 1. The van der Waals surface area contributed by atoms with E-state index in [0.717, 1.165) is 41.9 Å². The summed E-state index contributed by atoms with van der Waals surface area (Å²) in [6, 6.07) is 5.65. The first-order valence-electron chi connectivity index (χ1n) is 13.5. The first kappa shape index (κ1) is 26.3. The standard InChI is InChI=1S/C29H39N5O4/c1-16-25-23(12-29(5,6)13-24(25)35)34(32-16)20-7-8-21(26(30)36)22(11-20)31-19-9-17-14-33(15-18(17)10-19)27(37)38-28(2,3)4/h7-8,11,17-19,31H,9-10,12-15H2,1-6H3,(H2,30,36)/t17-,18+,19?. The minimum absolute atomic E-state index is 0.130. The Kier molecular flexibility index (Phi) is 6.31. The number of amides is 2. The summed E-state index contributed by atoms with van der Waals surface area (Å²) >= 11 is 0. The van der Waals surface area contributed by atoms with E-state index in [9.17, 15) is 14.4 Å². The first-order chi connectivity index (χ1) is 17.7. The molecule has 2 fully saturated rings. The highest BCUT2D eigenvalue weighted by atomic mass is 16.6. The molecule has 0 spiro atoms. The largest absolute Gasteiger partial charge is 0.444 e. The second kappa shape index (κ2) is 9.13. The summed E-state index contributed by atoms with van der Waals surface area (Å²) in [5, 5.41) is 8.31. The van der Waals surface area contributed by atoms with Gasteiger partial charge in [-0.1, -0.05) is 13.8 Å². The number of carbonyl (C=O) groups is 3. The van der Waals surface area contributed by atoms with Crippen molar-refractivity contribution in [3.05, 3.63) is 40.7 Å². The van der Waals surface area contributed by atoms with Gasteiger partial charge in [-0.2, -0.15) is 5.10 Å². The van der Waals surface area contributed by atoms with E-state index in [0.29, 0.717) is 42.6 Å². The third-order valence-electron chi connectivity index (χ3n) is 8.00. The lowest BCUT2D eigenvalue weighted by Crippen LogP contribution is -2.36. The molecule has 204 valence electrons. The van der Waals surface area contributed by atoms with Crippen LogP contribution in [0.3, 0.4) is 0 Å². The normalized spacial score (nSPS) is 24.2. The Bertz CT molecular complexity index is 1290. The number of ketones is 1. The maximum Gasteiger partial charge on any atom is 0.410 e. The number of anilines is 1. The number of rotatable bonds is 4. The zero-order valence-corrected chi connectivity index (χ0v) is 23.3. The van der Waals surface area contributed by atoms with Crippen molar-refractivity contribution < 1.29 is 19.1 Å². The minimum atomic E-state index is -0.509. The number of fused-ring (bicyclic) bond motifs is 2. The van der Waals surface area contributed by atoms with E-state index in [4.69, 9.17) is 15.6 Å². The Morgan fingerprint density at radius 3 is 2.39 bits per heavy atom. The Hall–Kier alpha value is -3.36. The molecule has 3 atom stereocenters. The highest BCUT2D eigenvalue weighted by Crippen LogP contribution is 2.41. The molecule has 3 aliphatic rings. The third kappa shape index (κ3) is 5.02. The van der Waals surface area contributed by atoms with Gasteiger partial charge in [0, 0.05) is 31.2 Å². The highest BCUT2D eigenvalue weighted by Gasteiger charge is 2.43. The fraction of sp³-hybridized carbons (Fsp3) is 0.586. The summed E-state index contributed by atoms with van der Waals surface area (Å²) in [5.41, 5.74) is 9.34. The van der Waals surface area contributed by atoms with Crippen LogP contribution in [0.5, 0.6) is 0 Å². The van der Waals surface area contributed by atoms with Crippen molar-refractivity contribution in [2.24, 2.45) is 23.0 Å². The number of benzene rings is 1. The molecule has 0 radical (unpaired) electrons. The summed E-state index contributed by atoms with van der Waals surface area (Å²) in [6.45, 7) is 13.1. The molecule has 2 aliphatic carbocycles. The molecule has 1 unspecified atom stereocenters. The lowest BCUT2D eigenvalue weighted by molar-refractivity contribution is 0.0279. The predicted molar refractivity (Wildman–Crippen MR) is 145 cm³/mol. The van der Waals surface area contributed by atoms with Gasteiger partial charge >= 0.3 is 6.09 Å². The molecule has 9 nitrogen and oxygen atoms in total. The summed E-state index contributed by atoms with van der Waals surface area (Å²) < 4.78 is 7.41. The molecule has 1 saturated heterocycles. The fourth-order valence-corrected chi connectivity index (χ4v) is 6.46. The van der Waals surface area contributed by atoms with Gasteiger partial charge in [0.1, 0.15) is 5.60 Å². The zero-order valence-electron chi connectivity index (χ0n) is 23.3. The number of hydrogen-bond acceptors (Lipinski definition) is 6. The van der Waals surface area contributed by atoms with E-state index < -0.39 is 11.5 Å². The van der Waals surface area contributed by atoms with E-state index in [1.165, 1.54) is 0 Å². The van der Waals surface area contributed by atoms with Gasteiger partial charge in [0.2, 0.25) is 0 Å². The second-order valence-electron chi connectivity index (χ2n) is 13.1. The van der Waals surface area contributed by atoms with Crippen molar-refractivity contribution in [3.63, 3.8) is 0 Å². The molecule has 1 saturated carbocycles. The summed E-state index contributed by atoms with van der Waals surface area (Å²) in [4.78, 5) is 39.5. The number of hydrogen-bond donors (Lipinski definition) is 2. The maximum absolute atomic E-state index is 12.9. The quantitative estimate of drug-likeness (QED) is 0.612. The number of likely N-dealkylation sites (tertiary alicyclic amines) is 1. The van der Waals surface area contributed by atoms with E-state index in [-0.39, 0.29) is 23.3 Å². The van der Waals surface area contributed by atoms with Crippen LogP contribution in [0.2, 0.25) is 0 Å². The molecule has 1 aromatic carbocycles. The topological polar surface area (TPSA) is 120 Å². The minimum Gasteiger partial charge on any atom is -0.444 e. The van der Waals surface area contributed by atoms with Crippen LogP contribution in [0.25, 0.3) is 5.69 Å². The highest BCUT2D eigenvalue weighted by molar-refractivity contribution is 6.00. The van der Waals surface area contributed by atoms with E-state index in [1.807, 2.05) is 49.4 Å². The Labute approximate surface area is 224 Å². The van der Waals surface area contributed by atoms with Gasteiger partial charge in [-0.25, -0.2) is 9.48 Å². The number of carbonyl (C=O) groups excluding carboxylic acids is 3. The van der Waals surface area contributed by atoms with Gasteiger partial charge in [0.25, 0.3) is 5.91 Å². The molecule has 2 amide bonds. The zero-order chi connectivity index (χ0) is 27.6. The van der Waals surface area contributed by atoms with Crippen molar-refractivity contribution in [2.75, 3.05) is 18.4 Å². The lowest BCUT2D eigenvalue weighted by Gasteiger charge is -2.29. The Balaban J connectivity index is 1.36. The van der Waals surface area contributed by atoms with Gasteiger partial charge in [0.05, 0.1) is 28.2 Å². The van der Waals surface area contributed by atoms with Crippen molar-refractivity contribution in [3.8, 4) is 5.69 Å². The van der Waals surface area contributed by atoms with Gasteiger partial charge in [-0.3, -0.25) is 9.59 Å². The van der Waals surface area contributed by atoms with Crippen molar-refractivity contribution in [1.82, 2.24) is 14.7 Å². The Morgan fingerprint density at radius 1 is 1.13 bits per heavy atom. The molecule has 3 N–H and O–H groups in total. The van der Waals surface area contributed by atoms with Crippen LogP contribution in [-0.4, -0.2) is 57.2 Å². The number of aromatic nitrogens is 2.